The van der Waals surface area contributed by atoms with Crippen LogP contribution < -0.4 is 11.1 Å². The van der Waals surface area contributed by atoms with Crippen molar-refractivity contribution in [2.75, 3.05) is 5.73 Å². The van der Waals surface area contributed by atoms with E-state index in [-0.39, 0.29) is 5.91 Å². The number of amides is 1. The van der Waals surface area contributed by atoms with Crippen molar-refractivity contribution in [1.82, 2.24) is 10.3 Å². The van der Waals surface area contributed by atoms with E-state index in [1.54, 1.807) is 6.07 Å². The Hall–Kier alpha value is -1.29. The third kappa shape index (κ3) is 1.66. The Bertz CT molecular complexity index is 546. The van der Waals surface area contributed by atoms with E-state index in [1.165, 1.54) is 25.5 Å². The van der Waals surface area contributed by atoms with Gasteiger partial charge in [-0.25, -0.2) is 4.98 Å². The molecule has 0 saturated heterocycles. The number of fused-ring (bicyclic) bond motifs is 5. The highest BCUT2D eigenvalue weighted by Gasteiger charge is 2.65. The second kappa shape index (κ2) is 3.85. The van der Waals surface area contributed by atoms with Crippen molar-refractivity contribution >= 4 is 23.2 Å². The molecule has 4 atom stereocenters. The van der Waals surface area contributed by atoms with Crippen LogP contribution in [-0.2, 0) is 0 Å². The molecule has 3 aliphatic carbocycles. The van der Waals surface area contributed by atoms with E-state index in [0.717, 1.165) is 23.7 Å². The molecule has 19 heavy (non-hydrogen) atoms. The zero-order chi connectivity index (χ0) is 13.1. The summed E-state index contributed by atoms with van der Waals surface area (Å²) in [6, 6.07) is 1.91. The van der Waals surface area contributed by atoms with E-state index in [0.29, 0.717) is 22.4 Å². The van der Waals surface area contributed by atoms with Crippen LogP contribution in [-0.4, -0.2) is 16.9 Å². The van der Waals surface area contributed by atoms with Gasteiger partial charge in [-0.3, -0.25) is 4.79 Å². The summed E-state index contributed by atoms with van der Waals surface area (Å²) in [5, 5.41) is 3.44. The lowest BCUT2D eigenvalue weighted by Gasteiger charge is -2.11. The number of hydrogen-bond donors (Lipinski definition) is 2. The molecule has 2 bridgehead atoms. The van der Waals surface area contributed by atoms with Crippen LogP contribution in [0.1, 0.15) is 29.6 Å². The quantitative estimate of drug-likeness (QED) is 0.814. The zero-order valence-electron chi connectivity index (χ0n) is 10.5. The minimum absolute atomic E-state index is 0.111. The average Bonchev–Trinajstić information content (AvgIpc) is 2.80. The summed E-state index contributed by atoms with van der Waals surface area (Å²) in [4.78, 5) is 16.1. The van der Waals surface area contributed by atoms with E-state index in [2.05, 4.69) is 10.3 Å². The Balaban J connectivity index is 1.50. The summed E-state index contributed by atoms with van der Waals surface area (Å²) >= 11 is 5.82. The topological polar surface area (TPSA) is 68.0 Å². The first kappa shape index (κ1) is 11.5. The van der Waals surface area contributed by atoms with Crippen LogP contribution in [0.5, 0.6) is 0 Å². The first-order valence-corrected chi connectivity index (χ1v) is 7.25. The van der Waals surface area contributed by atoms with Crippen molar-refractivity contribution in [2.24, 2.45) is 23.7 Å². The number of nitrogen functional groups attached to an aromatic ring is 1. The number of carbonyl (C=O) groups is 1. The fraction of sp³-hybridized carbons (Fsp3) is 0.571. The highest BCUT2D eigenvalue weighted by molar-refractivity contribution is 6.29. The lowest BCUT2D eigenvalue weighted by Crippen LogP contribution is -2.30. The zero-order valence-corrected chi connectivity index (χ0v) is 11.2. The van der Waals surface area contributed by atoms with Crippen molar-refractivity contribution < 1.29 is 4.79 Å². The first-order chi connectivity index (χ1) is 9.15. The first-order valence-electron chi connectivity index (χ1n) is 6.87. The molecule has 100 valence electrons. The summed E-state index contributed by atoms with van der Waals surface area (Å²) in [7, 11) is 0. The van der Waals surface area contributed by atoms with Crippen molar-refractivity contribution in [3.05, 3.63) is 23.0 Å². The highest BCUT2D eigenvalue weighted by atomic mass is 35.5. The molecule has 0 radical (unpaired) electrons. The van der Waals surface area contributed by atoms with Crippen LogP contribution >= 0.6 is 11.6 Å². The van der Waals surface area contributed by atoms with Crippen LogP contribution in [0.2, 0.25) is 5.15 Å². The van der Waals surface area contributed by atoms with E-state index in [9.17, 15) is 4.79 Å². The maximum Gasteiger partial charge on any atom is 0.253 e. The molecule has 1 aromatic rings. The summed E-state index contributed by atoms with van der Waals surface area (Å²) in [5.74, 6) is 3.03. The van der Waals surface area contributed by atoms with Crippen molar-refractivity contribution in [3.8, 4) is 0 Å². The number of hydrogen-bond acceptors (Lipinski definition) is 3. The Morgan fingerprint density at radius 1 is 1.37 bits per heavy atom. The molecule has 4 rings (SSSR count). The van der Waals surface area contributed by atoms with Gasteiger partial charge < -0.3 is 11.1 Å². The molecule has 0 aromatic carbocycles. The van der Waals surface area contributed by atoms with Gasteiger partial charge in [-0.1, -0.05) is 11.6 Å². The van der Waals surface area contributed by atoms with Gasteiger partial charge in [0.15, 0.2) is 0 Å². The van der Waals surface area contributed by atoms with Crippen LogP contribution in [0.25, 0.3) is 0 Å². The van der Waals surface area contributed by atoms with Crippen molar-refractivity contribution in [1.29, 1.82) is 0 Å². The third-order valence-electron chi connectivity index (χ3n) is 5.18. The minimum atomic E-state index is -0.111. The van der Waals surface area contributed by atoms with E-state index < -0.39 is 0 Å². The van der Waals surface area contributed by atoms with Gasteiger partial charge in [0.05, 0.1) is 17.4 Å². The van der Waals surface area contributed by atoms with Gasteiger partial charge >= 0.3 is 0 Å². The van der Waals surface area contributed by atoms with Gasteiger partial charge in [0, 0.05) is 6.04 Å². The largest absolute Gasteiger partial charge is 0.397 e. The van der Waals surface area contributed by atoms with Gasteiger partial charge in [-0.2, -0.15) is 0 Å². The second-order valence-electron chi connectivity index (χ2n) is 6.08. The molecular weight excluding hydrogens is 262 g/mol. The molecule has 4 nitrogen and oxygen atoms in total. The molecule has 3 N–H and O–H groups in total. The minimum Gasteiger partial charge on any atom is -0.397 e. The number of rotatable bonds is 2. The van der Waals surface area contributed by atoms with Gasteiger partial charge in [-0.15, -0.1) is 0 Å². The smallest absolute Gasteiger partial charge is 0.253 e. The maximum absolute atomic E-state index is 12.3. The predicted octanol–water partition coefficient (Wildman–Crippen LogP) is 2.09. The van der Waals surface area contributed by atoms with Crippen molar-refractivity contribution in [3.63, 3.8) is 0 Å². The van der Waals surface area contributed by atoms with Gasteiger partial charge in [0.25, 0.3) is 5.91 Å². The van der Waals surface area contributed by atoms with E-state index in [4.69, 9.17) is 17.3 Å². The molecule has 3 aliphatic rings. The molecule has 1 aromatic heterocycles. The van der Waals surface area contributed by atoms with E-state index in [1.807, 2.05) is 0 Å². The van der Waals surface area contributed by atoms with Crippen molar-refractivity contribution in [2.45, 2.75) is 25.3 Å². The fourth-order valence-electron chi connectivity index (χ4n) is 4.38. The summed E-state index contributed by atoms with van der Waals surface area (Å²) in [6.07, 6.45) is 5.52. The number of nitrogens with two attached hydrogens (primary N) is 1. The number of nitrogens with zero attached hydrogens (tertiary/aromatic N) is 1. The number of carbonyl (C=O) groups excluding carboxylic acids is 1. The summed E-state index contributed by atoms with van der Waals surface area (Å²) in [5.41, 5.74) is 6.61. The third-order valence-corrected chi connectivity index (χ3v) is 5.39. The molecule has 5 heteroatoms. The number of pyridine rings is 1. The van der Waals surface area contributed by atoms with Gasteiger partial charge in [0.2, 0.25) is 0 Å². The maximum atomic E-state index is 12.3. The average molecular weight is 278 g/mol. The molecule has 1 amide bonds. The molecule has 3 saturated carbocycles. The predicted molar refractivity (Wildman–Crippen MR) is 72.7 cm³/mol. The van der Waals surface area contributed by atoms with Crippen LogP contribution in [0.4, 0.5) is 5.69 Å². The van der Waals surface area contributed by atoms with Crippen LogP contribution in [0, 0.1) is 23.7 Å². The monoisotopic (exact) mass is 277 g/mol. The number of aromatic nitrogens is 1. The Kier molecular flexibility index (Phi) is 2.34. The highest BCUT2D eigenvalue weighted by Crippen LogP contribution is 2.65. The summed E-state index contributed by atoms with van der Waals surface area (Å²) < 4.78 is 0. The van der Waals surface area contributed by atoms with Gasteiger partial charge in [-0.05, 0) is 49.0 Å². The second-order valence-corrected chi connectivity index (χ2v) is 6.47. The lowest BCUT2D eigenvalue weighted by atomic mass is 10.0. The SMILES string of the molecule is Nc1cnc(Cl)cc1C(=O)NC1C2C3CCC(C3)C12. The molecular formula is C14H16ClN3O. The fourth-order valence-corrected chi connectivity index (χ4v) is 4.54. The van der Waals surface area contributed by atoms with E-state index >= 15 is 0 Å². The van der Waals surface area contributed by atoms with Crippen LogP contribution in [0.3, 0.4) is 0 Å². The standard InChI is InChI=1S/C14H16ClN3O/c15-10-4-8(9(16)5-17-10)14(19)18-13-11-6-1-2-7(3-6)12(11)13/h4-7,11-13H,1-3,16H2,(H,18,19). The number of halogens is 1. The Morgan fingerprint density at radius 3 is 2.74 bits per heavy atom. The molecule has 4 unspecified atom stereocenters. The Morgan fingerprint density at radius 2 is 2.05 bits per heavy atom. The number of anilines is 1. The summed E-state index contributed by atoms with van der Waals surface area (Å²) in [6.45, 7) is 0. The van der Waals surface area contributed by atoms with Gasteiger partial charge in [0.1, 0.15) is 5.15 Å². The molecule has 0 spiro atoms. The lowest BCUT2D eigenvalue weighted by molar-refractivity contribution is 0.0945. The molecule has 1 heterocycles. The Labute approximate surface area is 116 Å². The number of nitrogens with one attached hydrogen (secondary N) is 1. The normalized spacial score (nSPS) is 38.1. The molecule has 3 fully saturated rings. The molecule has 0 aliphatic heterocycles. The van der Waals surface area contributed by atoms with Crippen LogP contribution in [0.15, 0.2) is 12.3 Å².